The molecular formula is C16H18Cl2N4O. The van der Waals surface area contributed by atoms with E-state index in [0.29, 0.717) is 22.4 Å². The molecule has 1 aromatic carbocycles. The highest BCUT2D eigenvalue weighted by atomic mass is 35.5. The lowest BCUT2D eigenvalue weighted by atomic mass is 9.99. The number of benzene rings is 1. The van der Waals surface area contributed by atoms with Crippen molar-refractivity contribution in [2.24, 2.45) is 5.92 Å². The number of nitrogens with one attached hydrogen (secondary N) is 2. The quantitative estimate of drug-likeness (QED) is 0.888. The van der Waals surface area contributed by atoms with Gasteiger partial charge in [0, 0.05) is 22.7 Å². The molecule has 1 saturated heterocycles. The number of carbonyl (C=O) groups is 1. The maximum atomic E-state index is 12.3. The van der Waals surface area contributed by atoms with Crippen LogP contribution < -0.4 is 10.6 Å². The van der Waals surface area contributed by atoms with E-state index in [-0.39, 0.29) is 11.8 Å². The summed E-state index contributed by atoms with van der Waals surface area (Å²) >= 11 is 12.1. The third-order valence-corrected chi connectivity index (χ3v) is 4.56. The number of nitrogens with zero attached hydrogens (tertiary/aromatic N) is 2. The topological polar surface area (TPSA) is 59.0 Å². The number of carbonyl (C=O) groups excluding carboxylic acids is 1. The predicted molar refractivity (Wildman–Crippen MR) is 92.0 cm³/mol. The average molecular weight is 353 g/mol. The molecule has 122 valence electrons. The van der Waals surface area contributed by atoms with E-state index in [2.05, 4.69) is 15.7 Å². The Hall–Kier alpha value is -1.56. The predicted octanol–water partition coefficient (Wildman–Crippen LogP) is 3.18. The van der Waals surface area contributed by atoms with Crippen LogP contribution in [0.4, 0.5) is 5.82 Å². The summed E-state index contributed by atoms with van der Waals surface area (Å²) in [6, 6.07) is 7.15. The fourth-order valence-corrected chi connectivity index (χ4v) is 3.15. The molecule has 0 radical (unpaired) electrons. The van der Waals surface area contributed by atoms with Gasteiger partial charge in [0.2, 0.25) is 5.91 Å². The van der Waals surface area contributed by atoms with Gasteiger partial charge < -0.3 is 10.6 Å². The lowest BCUT2D eigenvalue weighted by Gasteiger charge is -2.22. The van der Waals surface area contributed by atoms with Gasteiger partial charge in [-0.1, -0.05) is 29.3 Å². The molecule has 1 unspecified atom stereocenters. The second-order valence-electron chi connectivity index (χ2n) is 5.64. The van der Waals surface area contributed by atoms with Gasteiger partial charge in [0.15, 0.2) is 0 Å². The highest BCUT2D eigenvalue weighted by molar-refractivity contribution is 6.35. The van der Waals surface area contributed by atoms with Crippen LogP contribution in [0.15, 0.2) is 30.5 Å². The summed E-state index contributed by atoms with van der Waals surface area (Å²) in [6.45, 7) is 2.18. The molecule has 1 atom stereocenters. The van der Waals surface area contributed by atoms with E-state index < -0.39 is 0 Å². The minimum absolute atomic E-state index is 0.00576. The van der Waals surface area contributed by atoms with Gasteiger partial charge in [-0.3, -0.25) is 4.79 Å². The summed E-state index contributed by atoms with van der Waals surface area (Å²) in [5, 5.41) is 11.7. The first kappa shape index (κ1) is 16.3. The van der Waals surface area contributed by atoms with Crippen LogP contribution >= 0.6 is 23.2 Å². The first-order valence-corrected chi connectivity index (χ1v) is 8.36. The maximum Gasteiger partial charge on any atom is 0.229 e. The van der Waals surface area contributed by atoms with E-state index in [1.807, 2.05) is 6.07 Å². The van der Waals surface area contributed by atoms with Crippen molar-refractivity contribution in [1.29, 1.82) is 0 Å². The monoisotopic (exact) mass is 352 g/mol. The van der Waals surface area contributed by atoms with Crippen molar-refractivity contribution in [3.8, 4) is 0 Å². The molecule has 1 aromatic heterocycles. The molecule has 0 aliphatic carbocycles. The number of amides is 1. The molecule has 2 heterocycles. The Labute approximate surface area is 145 Å². The number of piperidine rings is 1. The summed E-state index contributed by atoms with van der Waals surface area (Å²) < 4.78 is 1.73. The Morgan fingerprint density at radius 3 is 3.00 bits per heavy atom. The van der Waals surface area contributed by atoms with Crippen molar-refractivity contribution < 1.29 is 4.79 Å². The third kappa shape index (κ3) is 4.05. The summed E-state index contributed by atoms with van der Waals surface area (Å²) in [7, 11) is 0. The maximum absolute atomic E-state index is 12.3. The molecule has 2 N–H and O–H groups in total. The Kier molecular flexibility index (Phi) is 5.20. The number of aromatic nitrogens is 2. The van der Waals surface area contributed by atoms with Crippen molar-refractivity contribution in [3.05, 3.63) is 46.1 Å². The van der Waals surface area contributed by atoms with Gasteiger partial charge in [-0.25, -0.2) is 4.68 Å². The Balaban J connectivity index is 1.70. The highest BCUT2D eigenvalue weighted by Crippen LogP contribution is 2.23. The first-order valence-electron chi connectivity index (χ1n) is 7.61. The van der Waals surface area contributed by atoms with Gasteiger partial charge in [-0.05, 0) is 37.1 Å². The molecule has 7 heteroatoms. The van der Waals surface area contributed by atoms with Crippen LogP contribution in [-0.4, -0.2) is 28.8 Å². The molecule has 5 nitrogen and oxygen atoms in total. The highest BCUT2D eigenvalue weighted by Gasteiger charge is 2.21. The molecule has 1 fully saturated rings. The van der Waals surface area contributed by atoms with Crippen molar-refractivity contribution in [2.45, 2.75) is 19.4 Å². The van der Waals surface area contributed by atoms with Gasteiger partial charge >= 0.3 is 0 Å². The standard InChI is InChI=1S/C16H18Cl2N4O/c17-13-4-3-12(14(18)8-13)10-22-15(5-7-20-22)21-16(23)11-2-1-6-19-9-11/h3-5,7-8,11,19H,1-2,6,9-10H2,(H,21,23). The molecule has 2 aromatic rings. The molecule has 23 heavy (non-hydrogen) atoms. The molecular weight excluding hydrogens is 335 g/mol. The zero-order chi connectivity index (χ0) is 16.2. The normalized spacial score (nSPS) is 17.9. The molecule has 0 spiro atoms. The van der Waals surface area contributed by atoms with Gasteiger partial charge in [0.05, 0.1) is 18.7 Å². The lowest BCUT2D eigenvalue weighted by Crippen LogP contribution is -2.37. The molecule has 1 amide bonds. The summed E-state index contributed by atoms with van der Waals surface area (Å²) in [5.41, 5.74) is 0.898. The average Bonchev–Trinajstić information content (AvgIpc) is 2.98. The van der Waals surface area contributed by atoms with E-state index in [0.717, 1.165) is 31.5 Å². The Morgan fingerprint density at radius 1 is 1.39 bits per heavy atom. The Bertz CT molecular complexity index is 695. The minimum Gasteiger partial charge on any atom is -0.316 e. The largest absolute Gasteiger partial charge is 0.316 e. The van der Waals surface area contributed by atoms with Crippen LogP contribution in [0.3, 0.4) is 0 Å². The number of halogens is 2. The number of anilines is 1. The number of rotatable bonds is 4. The van der Waals surface area contributed by atoms with Crippen molar-refractivity contribution in [3.63, 3.8) is 0 Å². The van der Waals surface area contributed by atoms with Crippen LogP contribution in [0.25, 0.3) is 0 Å². The van der Waals surface area contributed by atoms with Crippen LogP contribution in [0.1, 0.15) is 18.4 Å². The second kappa shape index (κ2) is 7.34. The van der Waals surface area contributed by atoms with Crippen molar-refractivity contribution in [2.75, 3.05) is 18.4 Å². The van der Waals surface area contributed by atoms with E-state index in [9.17, 15) is 4.79 Å². The summed E-state index contributed by atoms with van der Waals surface area (Å²) in [4.78, 5) is 12.3. The third-order valence-electron chi connectivity index (χ3n) is 3.97. The van der Waals surface area contributed by atoms with E-state index in [4.69, 9.17) is 23.2 Å². The summed E-state index contributed by atoms with van der Waals surface area (Å²) in [5.74, 6) is 0.707. The SMILES string of the molecule is O=C(Nc1ccnn1Cc1ccc(Cl)cc1Cl)C1CCCNC1. The van der Waals surface area contributed by atoms with E-state index in [1.54, 1.807) is 29.1 Å². The molecule has 1 aliphatic heterocycles. The summed E-state index contributed by atoms with van der Waals surface area (Å²) in [6.07, 6.45) is 3.60. The van der Waals surface area contributed by atoms with Crippen molar-refractivity contribution in [1.82, 2.24) is 15.1 Å². The first-order chi connectivity index (χ1) is 11.1. The fourth-order valence-electron chi connectivity index (χ4n) is 2.68. The molecule has 3 rings (SSSR count). The van der Waals surface area contributed by atoms with E-state index in [1.165, 1.54) is 0 Å². The van der Waals surface area contributed by atoms with E-state index >= 15 is 0 Å². The Morgan fingerprint density at radius 2 is 2.26 bits per heavy atom. The molecule has 1 aliphatic rings. The second-order valence-corrected chi connectivity index (χ2v) is 6.49. The van der Waals surface area contributed by atoms with Crippen LogP contribution in [-0.2, 0) is 11.3 Å². The van der Waals surface area contributed by atoms with Crippen LogP contribution in [0, 0.1) is 5.92 Å². The van der Waals surface area contributed by atoms with Crippen molar-refractivity contribution >= 4 is 34.9 Å². The fraction of sp³-hybridized carbons (Fsp3) is 0.375. The zero-order valence-corrected chi connectivity index (χ0v) is 14.1. The van der Waals surface area contributed by atoms with Crippen LogP contribution in [0.5, 0.6) is 0 Å². The lowest BCUT2D eigenvalue weighted by molar-refractivity contribution is -0.120. The van der Waals surface area contributed by atoms with Crippen LogP contribution in [0.2, 0.25) is 10.0 Å². The van der Waals surface area contributed by atoms with Gasteiger partial charge in [0.25, 0.3) is 0 Å². The molecule has 0 bridgehead atoms. The zero-order valence-electron chi connectivity index (χ0n) is 12.6. The van der Waals surface area contributed by atoms with Gasteiger partial charge in [-0.2, -0.15) is 5.10 Å². The minimum atomic E-state index is 0.00576. The number of hydrogen-bond donors (Lipinski definition) is 2. The smallest absolute Gasteiger partial charge is 0.229 e. The van der Waals surface area contributed by atoms with Gasteiger partial charge in [-0.15, -0.1) is 0 Å². The molecule has 0 saturated carbocycles. The van der Waals surface area contributed by atoms with Gasteiger partial charge in [0.1, 0.15) is 5.82 Å². The number of hydrogen-bond acceptors (Lipinski definition) is 3.